The molecular formula is C13H15N3O2S. The third-order valence-corrected chi connectivity index (χ3v) is 3.76. The van der Waals surface area contributed by atoms with Crippen molar-refractivity contribution in [2.24, 2.45) is 0 Å². The molecule has 0 fully saturated rings. The van der Waals surface area contributed by atoms with Crippen LogP contribution in [0.4, 0.5) is 5.82 Å². The summed E-state index contributed by atoms with van der Waals surface area (Å²) in [5.74, 6) is 0.686. The number of sulfone groups is 1. The molecule has 2 rings (SSSR count). The quantitative estimate of drug-likeness (QED) is 0.853. The van der Waals surface area contributed by atoms with E-state index in [-0.39, 0.29) is 4.90 Å². The molecule has 19 heavy (non-hydrogen) atoms. The van der Waals surface area contributed by atoms with Crippen LogP contribution in [0.2, 0.25) is 0 Å². The van der Waals surface area contributed by atoms with Crippen LogP contribution in [0.1, 0.15) is 0 Å². The second kappa shape index (κ2) is 4.97. The van der Waals surface area contributed by atoms with E-state index in [1.165, 1.54) is 6.26 Å². The van der Waals surface area contributed by atoms with Crippen molar-refractivity contribution in [2.75, 3.05) is 25.3 Å². The number of hydrogen-bond acceptors (Lipinski definition) is 5. The van der Waals surface area contributed by atoms with Gasteiger partial charge in [0.25, 0.3) is 0 Å². The van der Waals surface area contributed by atoms with E-state index >= 15 is 0 Å². The van der Waals surface area contributed by atoms with E-state index in [2.05, 4.69) is 9.97 Å². The number of hydrogen-bond donors (Lipinski definition) is 0. The molecule has 0 unspecified atom stereocenters. The standard InChI is InChI=1S/C13H15N3O2S/c1-16(2)13-10(6-4-9-15-13)12-11(19(3,17)18)7-5-8-14-12/h4-9H,1-3H3. The van der Waals surface area contributed by atoms with Crippen molar-refractivity contribution in [3.05, 3.63) is 36.7 Å². The van der Waals surface area contributed by atoms with Gasteiger partial charge in [0.1, 0.15) is 5.82 Å². The Bertz CT molecular complexity index is 697. The molecule has 0 radical (unpaired) electrons. The molecule has 0 saturated carbocycles. The summed E-state index contributed by atoms with van der Waals surface area (Å²) in [6.07, 6.45) is 4.43. The molecule has 2 aromatic heterocycles. The van der Waals surface area contributed by atoms with Crippen LogP contribution in [0.5, 0.6) is 0 Å². The summed E-state index contributed by atoms with van der Waals surface area (Å²) in [7, 11) is 0.379. The zero-order chi connectivity index (χ0) is 14.0. The van der Waals surface area contributed by atoms with E-state index in [1.54, 1.807) is 30.6 Å². The smallest absolute Gasteiger partial charge is 0.177 e. The summed E-state index contributed by atoms with van der Waals surface area (Å²) in [6, 6.07) is 6.76. The van der Waals surface area contributed by atoms with Gasteiger partial charge in [-0.25, -0.2) is 13.4 Å². The fourth-order valence-electron chi connectivity index (χ4n) is 1.83. The second-order valence-corrected chi connectivity index (χ2v) is 6.38. The van der Waals surface area contributed by atoms with Crippen molar-refractivity contribution >= 4 is 15.7 Å². The average Bonchev–Trinajstić information content (AvgIpc) is 2.37. The van der Waals surface area contributed by atoms with Gasteiger partial charge in [-0.1, -0.05) is 0 Å². The number of anilines is 1. The minimum Gasteiger partial charge on any atom is -0.362 e. The highest BCUT2D eigenvalue weighted by Crippen LogP contribution is 2.30. The zero-order valence-corrected chi connectivity index (χ0v) is 11.8. The van der Waals surface area contributed by atoms with Gasteiger partial charge in [-0.3, -0.25) is 4.98 Å². The molecular weight excluding hydrogens is 262 g/mol. The van der Waals surface area contributed by atoms with Gasteiger partial charge in [0, 0.05) is 38.3 Å². The first-order valence-corrected chi connectivity index (χ1v) is 7.58. The molecule has 6 heteroatoms. The van der Waals surface area contributed by atoms with E-state index in [0.29, 0.717) is 17.1 Å². The molecule has 0 aliphatic heterocycles. The minimum atomic E-state index is -3.33. The first kappa shape index (κ1) is 13.5. The molecule has 0 bridgehead atoms. The highest BCUT2D eigenvalue weighted by Gasteiger charge is 2.18. The summed E-state index contributed by atoms with van der Waals surface area (Å²) in [4.78, 5) is 10.5. The van der Waals surface area contributed by atoms with Gasteiger partial charge >= 0.3 is 0 Å². The van der Waals surface area contributed by atoms with Crippen LogP contribution >= 0.6 is 0 Å². The lowest BCUT2D eigenvalue weighted by Crippen LogP contribution is -2.13. The fraction of sp³-hybridized carbons (Fsp3) is 0.231. The fourth-order valence-corrected chi connectivity index (χ4v) is 2.67. The third kappa shape index (κ3) is 2.73. The van der Waals surface area contributed by atoms with Crippen molar-refractivity contribution in [3.63, 3.8) is 0 Å². The number of nitrogens with zero attached hydrogens (tertiary/aromatic N) is 3. The second-order valence-electron chi connectivity index (χ2n) is 4.39. The van der Waals surface area contributed by atoms with Gasteiger partial charge in [0.05, 0.1) is 10.6 Å². The van der Waals surface area contributed by atoms with Crippen LogP contribution in [0.25, 0.3) is 11.3 Å². The Balaban J connectivity index is 2.74. The predicted molar refractivity (Wildman–Crippen MR) is 74.9 cm³/mol. The van der Waals surface area contributed by atoms with Gasteiger partial charge in [0.15, 0.2) is 9.84 Å². The van der Waals surface area contributed by atoms with Gasteiger partial charge < -0.3 is 4.90 Å². The van der Waals surface area contributed by atoms with Crippen LogP contribution in [0, 0.1) is 0 Å². The highest BCUT2D eigenvalue weighted by atomic mass is 32.2. The lowest BCUT2D eigenvalue weighted by Gasteiger charge is -2.16. The summed E-state index contributed by atoms with van der Waals surface area (Å²) >= 11 is 0. The van der Waals surface area contributed by atoms with E-state index in [9.17, 15) is 8.42 Å². The van der Waals surface area contributed by atoms with E-state index in [1.807, 2.05) is 25.1 Å². The molecule has 0 aromatic carbocycles. The average molecular weight is 277 g/mol. The number of pyridine rings is 2. The highest BCUT2D eigenvalue weighted by molar-refractivity contribution is 7.90. The summed E-state index contributed by atoms with van der Waals surface area (Å²) in [5.41, 5.74) is 1.13. The Kier molecular flexibility index (Phi) is 3.53. The van der Waals surface area contributed by atoms with Crippen molar-refractivity contribution in [2.45, 2.75) is 4.90 Å². The maximum absolute atomic E-state index is 11.8. The van der Waals surface area contributed by atoms with Crippen LogP contribution in [-0.4, -0.2) is 38.7 Å². The molecule has 0 N–H and O–H groups in total. The Morgan fingerprint density at radius 2 is 1.68 bits per heavy atom. The third-order valence-electron chi connectivity index (χ3n) is 2.64. The largest absolute Gasteiger partial charge is 0.362 e. The van der Waals surface area contributed by atoms with Crippen molar-refractivity contribution in [3.8, 4) is 11.3 Å². The molecule has 0 aliphatic rings. The minimum absolute atomic E-state index is 0.214. The van der Waals surface area contributed by atoms with Crippen molar-refractivity contribution in [1.82, 2.24) is 9.97 Å². The molecule has 5 nitrogen and oxygen atoms in total. The molecule has 0 amide bonds. The van der Waals surface area contributed by atoms with E-state index < -0.39 is 9.84 Å². The Morgan fingerprint density at radius 1 is 1.05 bits per heavy atom. The zero-order valence-electron chi connectivity index (χ0n) is 11.0. The van der Waals surface area contributed by atoms with Gasteiger partial charge in [-0.15, -0.1) is 0 Å². The Morgan fingerprint density at radius 3 is 2.32 bits per heavy atom. The first-order chi connectivity index (χ1) is 8.91. The van der Waals surface area contributed by atoms with E-state index in [0.717, 1.165) is 0 Å². The van der Waals surface area contributed by atoms with Crippen LogP contribution in [-0.2, 0) is 9.84 Å². The van der Waals surface area contributed by atoms with E-state index in [4.69, 9.17) is 0 Å². The van der Waals surface area contributed by atoms with Crippen LogP contribution in [0.15, 0.2) is 41.6 Å². The molecule has 0 aliphatic carbocycles. The molecule has 100 valence electrons. The number of aromatic nitrogens is 2. The van der Waals surface area contributed by atoms with Crippen molar-refractivity contribution < 1.29 is 8.42 Å². The predicted octanol–water partition coefficient (Wildman–Crippen LogP) is 1.61. The van der Waals surface area contributed by atoms with Crippen molar-refractivity contribution in [1.29, 1.82) is 0 Å². The first-order valence-electron chi connectivity index (χ1n) is 5.69. The topological polar surface area (TPSA) is 63.2 Å². The van der Waals surface area contributed by atoms with Gasteiger partial charge in [0.2, 0.25) is 0 Å². The maximum atomic E-state index is 11.8. The lowest BCUT2D eigenvalue weighted by molar-refractivity contribution is 0.602. The summed E-state index contributed by atoms with van der Waals surface area (Å²) in [5, 5.41) is 0. The molecule has 0 saturated heterocycles. The summed E-state index contributed by atoms with van der Waals surface area (Å²) < 4.78 is 23.7. The van der Waals surface area contributed by atoms with Crippen LogP contribution < -0.4 is 4.90 Å². The van der Waals surface area contributed by atoms with Crippen LogP contribution in [0.3, 0.4) is 0 Å². The monoisotopic (exact) mass is 277 g/mol. The SMILES string of the molecule is CN(C)c1ncccc1-c1ncccc1S(C)(=O)=O. The molecule has 2 aromatic rings. The summed E-state index contributed by atoms with van der Waals surface area (Å²) in [6.45, 7) is 0. The normalized spacial score (nSPS) is 11.3. The van der Waals surface area contributed by atoms with Gasteiger partial charge in [-0.2, -0.15) is 0 Å². The Hall–Kier alpha value is -1.95. The molecule has 2 heterocycles. The lowest BCUT2D eigenvalue weighted by atomic mass is 10.1. The van der Waals surface area contributed by atoms with Gasteiger partial charge in [-0.05, 0) is 24.3 Å². The Labute approximate surface area is 112 Å². The molecule has 0 atom stereocenters. The maximum Gasteiger partial charge on any atom is 0.177 e. The number of rotatable bonds is 3. The molecule has 0 spiro atoms.